The van der Waals surface area contributed by atoms with E-state index in [1.54, 1.807) is 18.2 Å². The first-order valence-electron chi connectivity index (χ1n) is 3.99. The molecule has 14 heavy (non-hydrogen) atoms. The van der Waals surface area contributed by atoms with E-state index in [-0.39, 0.29) is 10.7 Å². The van der Waals surface area contributed by atoms with Gasteiger partial charge in [0.2, 0.25) is 0 Å². The van der Waals surface area contributed by atoms with E-state index in [0.717, 1.165) is 0 Å². The summed E-state index contributed by atoms with van der Waals surface area (Å²) in [6.45, 7) is 0.399. The van der Waals surface area contributed by atoms with Gasteiger partial charge in [0.1, 0.15) is 5.75 Å². The van der Waals surface area contributed by atoms with Gasteiger partial charge in [-0.1, -0.05) is 6.07 Å². The number of fused-ring (bicyclic) bond motifs is 1. The van der Waals surface area contributed by atoms with Gasteiger partial charge in [-0.05, 0) is 24.4 Å². The summed E-state index contributed by atoms with van der Waals surface area (Å²) in [6.07, 6.45) is 0. The molecule has 1 aromatic rings. The van der Waals surface area contributed by atoms with Crippen LogP contribution in [0.3, 0.4) is 0 Å². The average Bonchev–Trinajstić information content (AvgIpc) is 2.16. The van der Waals surface area contributed by atoms with Crippen LogP contribution in [0.1, 0.15) is 15.9 Å². The molecule has 4 nitrogen and oxygen atoms in total. The third kappa shape index (κ3) is 1.42. The molecule has 0 spiro atoms. The van der Waals surface area contributed by atoms with Crippen molar-refractivity contribution in [3.05, 3.63) is 29.3 Å². The zero-order valence-corrected chi connectivity index (χ0v) is 7.93. The van der Waals surface area contributed by atoms with E-state index in [1.165, 1.54) is 0 Å². The minimum atomic E-state index is -0.958. The van der Waals surface area contributed by atoms with Crippen LogP contribution in [-0.2, 0) is 6.54 Å². The van der Waals surface area contributed by atoms with E-state index >= 15 is 0 Å². The van der Waals surface area contributed by atoms with Crippen molar-refractivity contribution in [3.8, 4) is 5.75 Å². The molecule has 0 aromatic heterocycles. The lowest BCUT2D eigenvalue weighted by atomic mass is 10.1. The van der Waals surface area contributed by atoms with Gasteiger partial charge in [0.05, 0.1) is 5.56 Å². The number of rotatable bonds is 1. The van der Waals surface area contributed by atoms with Gasteiger partial charge in [-0.25, -0.2) is 4.79 Å². The summed E-state index contributed by atoms with van der Waals surface area (Å²) in [5, 5.41) is 11.9. The molecule has 2 rings (SSSR count). The molecule has 0 saturated heterocycles. The van der Waals surface area contributed by atoms with Gasteiger partial charge in [-0.15, -0.1) is 0 Å². The zero-order valence-electron chi connectivity index (χ0n) is 7.11. The smallest absolute Gasteiger partial charge is 0.336 e. The van der Waals surface area contributed by atoms with Crippen LogP contribution < -0.4 is 10.1 Å². The number of nitrogens with one attached hydrogen (secondary N) is 1. The Bertz CT molecular complexity index is 417. The molecule has 1 heterocycles. The standard InChI is InChI=1S/C9H7NO3S/c11-8(12)5-2-1-3-7-6(5)4-10-9(14)13-7/h1-3H,4H2,(H,10,14)(H,11,12). The Morgan fingerprint density at radius 3 is 3.07 bits per heavy atom. The highest BCUT2D eigenvalue weighted by Gasteiger charge is 2.19. The lowest BCUT2D eigenvalue weighted by Gasteiger charge is -2.20. The number of carbonyl (C=O) groups is 1. The van der Waals surface area contributed by atoms with Crippen LogP contribution in [0.4, 0.5) is 0 Å². The predicted molar refractivity (Wildman–Crippen MR) is 53.5 cm³/mol. The van der Waals surface area contributed by atoms with Crippen LogP contribution >= 0.6 is 12.2 Å². The van der Waals surface area contributed by atoms with Crippen molar-refractivity contribution in [2.75, 3.05) is 0 Å². The fourth-order valence-corrected chi connectivity index (χ4v) is 1.50. The molecule has 2 N–H and O–H groups in total. The highest BCUT2D eigenvalue weighted by atomic mass is 32.1. The van der Waals surface area contributed by atoms with E-state index in [9.17, 15) is 4.79 Å². The number of thiocarbonyl (C=S) groups is 1. The number of ether oxygens (including phenoxy) is 1. The van der Waals surface area contributed by atoms with Gasteiger partial charge < -0.3 is 15.2 Å². The van der Waals surface area contributed by atoms with Gasteiger partial charge >= 0.3 is 5.97 Å². The summed E-state index contributed by atoms with van der Waals surface area (Å²) in [5.41, 5.74) is 0.881. The molecule has 1 aromatic carbocycles. The molecule has 1 aliphatic heterocycles. The predicted octanol–water partition coefficient (Wildman–Crippen LogP) is 1.15. The van der Waals surface area contributed by atoms with Gasteiger partial charge in [0, 0.05) is 12.1 Å². The summed E-state index contributed by atoms with van der Waals surface area (Å²) < 4.78 is 5.18. The summed E-state index contributed by atoms with van der Waals surface area (Å²) in [6, 6.07) is 4.88. The van der Waals surface area contributed by atoms with Crippen LogP contribution in [0.25, 0.3) is 0 Å². The number of hydrogen-bond donors (Lipinski definition) is 2. The molecular weight excluding hydrogens is 202 g/mol. The molecule has 0 atom stereocenters. The second kappa shape index (κ2) is 3.26. The molecule has 0 fully saturated rings. The molecule has 0 aliphatic carbocycles. The van der Waals surface area contributed by atoms with Crippen molar-refractivity contribution in [3.63, 3.8) is 0 Å². The second-order valence-corrected chi connectivity index (χ2v) is 3.20. The topological polar surface area (TPSA) is 58.6 Å². The van der Waals surface area contributed by atoms with E-state index in [1.807, 2.05) is 0 Å². The summed E-state index contributed by atoms with van der Waals surface area (Å²) in [7, 11) is 0. The highest BCUT2D eigenvalue weighted by molar-refractivity contribution is 7.80. The third-order valence-corrected chi connectivity index (χ3v) is 2.20. The van der Waals surface area contributed by atoms with Crippen molar-refractivity contribution < 1.29 is 14.6 Å². The number of carboxylic acid groups (broad SMARTS) is 1. The molecular formula is C9H7NO3S. The fraction of sp³-hybridized carbons (Fsp3) is 0.111. The number of carboxylic acids is 1. The van der Waals surface area contributed by atoms with E-state index < -0.39 is 5.97 Å². The first kappa shape index (κ1) is 8.96. The van der Waals surface area contributed by atoms with Crippen molar-refractivity contribution in [1.29, 1.82) is 0 Å². The Labute approximate surface area is 85.5 Å². The number of aromatic carboxylic acids is 1. The Morgan fingerprint density at radius 1 is 1.57 bits per heavy atom. The van der Waals surface area contributed by atoms with E-state index in [4.69, 9.17) is 22.1 Å². The molecule has 0 unspecified atom stereocenters. The molecule has 5 heteroatoms. The van der Waals surface area contributed by atoms with Gasteiger partial charge in [0.25, 0.3) is 5.17 Å². The van der Waals surface area contributed by atoms with Gasteiger partial charge in [-0.3, -0.25) is 0 Å². The van der Waals surface area contributed by atoms with E-state index in [2.05, 4.69) is 5.32 Å². The first-order chi connectivity index (χ1) is 6.68. The normalized spacial score (nSPS) is 13.9. The summed E-state index contributed by atoms with van der Waals surface area (Å²) >= 11 is 4.81. The average molecular weight is 209 g/mol. The summed E-state index contributed by atoms with van der Waals surface area (Å²) in [4.78, 5) is 10.8. The van der Waals surface area contributed by atoms with Crippen molar-refractivity contribution in [2.45, 2.75) is 6.54 Å². The van der Waals surface area contributed by atoms with Crippen LogP contribution in [0, 0.1) is 0 Å². The monoisotopic (exact) mass is 209 g/mol. The molecule has 0 radical (unpaired) electrons. The third-order valence-electron chi connectivity index (χ3n) is 1.98. The lowest BCUT2D eigenvalue weighted by Crippen LogP contribution is -2.32. The summed E-state index contributed by atoms with van der Waals surface area (Å²) in [5.74, 6) is -0.436. The minimum absolute atomic E-state index is 0.248. The number of benzene rings is 1. The number of hydrogen-bond acceptors (Lipinski definition) is 3. The maximum atomic E-state index is 10.8. The molecule has 0 saturated carbocycles. The zero-order chi connectivity index (χ0) is 10.1. The van der Waals surface area contributed by atoms with Crippen molar-refractivity contribution in [1.82, 2.24) is 5.32 Å². The maximum Gasteiger partial charge on any atom is 0.336 e. The van der Waals surface area contributed by atoms with Crippen LogP contribution in [-0.4, -0.2) is 16.3 Å². The molecule has 72 valence electrons. The minimum Gasteiger partial charge on any atom is -0.478 e. The largest absolute Gasteiger partial charge is 0.478 e. The quantitative estimate of drug-likeness (QED) is 0.679. The Kier molecular flexibility index (Phi) is 2.09. The molecule has 0 bridgehead atoms. The molecule has 0 amide bonds. The lowest BCUT2D eigenvalue weighted by molar-refractivity contribution is 0.0695. The van der Waals surface area contributed by atoms with Gasteiger partial charge in [-0.2, -0.15) is 0 Å². The molecule has 1 aliphatic rings. The van der Waals surface area contributed by atoms with E-state index in [0.29, 0.717) is 17.9 Å². The van der Waals surface area contributed by atoms with Crippen LogP contribution in [0.5, 0.6) is 5.75 Å². The fourth-order valence-electron chi connectivity index (χ4n) is 1.34. The van der Waals surface area contributed by atoms with Crippen molar-refractivity contribution >= 4 is 23.4 Å². The Hall–Kier alpha value is -1.62. The van der Waals surface area contributed by atoms with Crippen LogP contribution in [0.15, 0.2) is 18.2 Å². The van der Waals surface area contributed by atoms with Crippen LogP contribution in [0.2, 0.25) is 0 Å². The SMILES string of the molecule is O=C(O)c1cccc2c1CNC(=S)O2. The first-order valence-corrected chi connectivity index (χ1v) is 4.40. The van der Waals surface area contributed by atoms with Gasteiger partial charge in [0.15, 0.2) is 0 Å². The highest BCUT2D eigenvalue weighted by Crippen LogP contribution is 2.25. The second-order valence-electron chi connectivity index (χ2n) is 2.83. The Balaban J connectivity index is 2.52. The maximum absolute atomic E-state index is 10.8. The Morgan fingerprint density at radius 2 is 2.36 bits per heavy atom. The van der Waals surface area contributed by atoms with Crippen molar-refractivity contribution in [2.24, 2.45) is 0 Å².